The highest BCUT2D eigenvalue weighted by molar-refractivity contribution is 7.99. The van der Waals surface area contributed by atoms with Crippen LogP contribution in [0.3, 0.4) is 0 Å². The standard InChI is InChI=1S/C21H26N2S/c1-3-21(13-14-22(4-2)15-21)16-23-17-9-5-7-11-19(17)24-20-12-8-6-10-18(20)23/h5-12H,3-4,13-16H2,1-2H3. The van der Waals surface area contributed by atoms with Crippen LogP contribution < -0.4 is 4.90 Å². The second-order valence-corrected chi connectivity index (χ2v) is 8.18. The largest absolute Gasteiger partial charge is 0.339 e. The van der Waals surface area contributed by atoms with Crippen molar-refractivity contribution in [1.29, 1.82) is 0 Å². The van der Waals surface area contributed by atoms with E-state index < -0.39 is 0 Å². The van der Waals surface area contributed by atoms with Gasteiger partial charge in [0.15, 0.2) is 0 Å². The fourth-order valence-electron chi connectivity index (χ4n) is 4.11. The van der Waals surface area contributed by atoms with Crippen molar-refractivity contribution in [3.8, 4) is 0 Å². The van der Waals surface area contributed by atoms with Crippen LogP contribution in [0.5, 0.6) is 0 Å². The third-order valence-electron chi connectivity index (χ3n) is 5.74. The topological polar surface area (TPSA) is 6.48 Å². The number of benzene rings is 2. The molecular formula is C21H26N2S. The van der Waals surface area contributed by atoms with Crippen molar-refractivity contribution in [3.63, 3.8) is 0 Å². The predicted octanol–water partition coefficient (Wildman–Crippen LogP) is 5.41. The zero-order valence-electron chi connectivity index (χ0n) is 14.7. The van der Waals surface area contributed by atoms with E-state index in [2.05, 4.69) is 72.2 Å². The number of likely N-dealkylation sites (tertiary alicyclic amines) is 1. The lowest BCUT2D eigenvalue weighted by molar-refractivity contribution is 0.261. The summed E-state index contributed by atoms with van der Waals surface area (Å²) in [6.07, 6.45) is 2.56. The molecule has 2 heterocycles. The molecule has 2 aromatic carbocycles. The SMILES string of the molecule is CCN1CCC(CC)(CN2c3ccccc3Sc3ccccc32)C1. The number of fused-ring (bicyclic) bond motifs is 2. The summed E-state index contributed by atoms with van der Waals surface area (Å²) in [5.41, 5.74) is 3.16. The monoisotopic (exact) mass is 338 g/mol. The molecule has 0 spiro atoms. The van der Waals surface area contributed by atoms with E-state index in [0.29, 0.717) is 5.41 Å². The second kappa shape index (κ2) is 6.45. The van der Waals surface area contributed by atoms with Crippen LogP contribution >= 0.6 is 11.8 Å². The van der Waals surface area contributed by atoms with Crippen LogP contribution in [0.1, 0.15) is 26.7 Å². The quantitative estimate of drug-likeness (QED) is 0.736. The van der Waals surface area contributed by atoms with Crippen LogP contribution in [0, 0.1) is 5.41 Å². The second-order valence-electron chi connectivity index (χ2n) is 7.10. The molecule has 4 rings (SSSR count). The van der Waals surface area contributed by atoms with Gasteiger partial charge in [-0.1, -0.05) is 49.9 Å². The third-order valence-corrected chi connectivity index (χ3v) is 6.87. The fraction of sp³-hybridized carbons (Fsp3) is 0.429. The van der Waals surface area contributed by atoms with Crippen molar-refractivity contribution in [3.05, 3.63) is 48.5 Å². The van der Waals surface area contributed by atoms with E-state index in [1.54, 1.807) is 0 Å². The molecule has 1 atom stereocenters. The number of para-hydroxylation sites is 2. The van der Waals surface area contributed by atoms with Crippen LogP contribution in [-0.2, 0) is 0 Å². The summed E-state index contributed by atoms with van der Waals surface area (Å²) < 4.78 is 0. The van der Waals surface area contributed by atoms with Gasteiger partial charge in [-0.05, 0) is 50.2 Å². The maximum absolute atomic E-state index is 2.61. The zero-order chi connectivity index (χ0) is 16.6. The number of anilines is 2. The van der Waals surface area contributed by atoms with Crippen molar-refractivity contribution in [2.75, 3.05) is 31.1 Å². The molecule has 1 fully saturated rings. The van der Waals surface area contributed by atoms with Gasteiger partial charge in [0.05, 0.1) is 11.4 Å². The van der Waals surface area contributed by atoms with E-state index in [1.165, 1.54) is 53.6 Å². The molecule has 0 N–H and O–H groups in total. The number of nitrogens with zero attached hydrogens (tertiary/aromatic N) is 2. The Bertz CT molecular complexity index is 684. The first kappa shape index (κ1) is 16.0. The molecule has 2 aliphatic heterocycles. The average Bonchev–Trinajstić information content (AvgIpc) is 3.05. The minimum Gasteiger partial charge on any atom is -0.339 e. The van der Waals surface area contributed by atoms with E-state index in [1.807, 2.05) is 11.8 Å². The maximum atomic E-state index is 2.61. The van der Waals surface area contributed by atoms with Crippen molar-refractivity contribution in [2.45, 2.75) is 36.5 Å². The van der Waals surface area contributed by atoms with E-state index in [9.17, 15) is 0 Å². The van der Waals surface area contributed by atoms with Crippen molar-refractivity contribution in [1.82, 2.24) is 4.90 Å². The Balaban J connectivity index is 1.72. The van der Waals surface area contributed by atoms with Gasteiger partial charge in [0.1, 0.15) is 0 Å². The summed E-state index contributed by atoms with van der Waals surface area (Å²) in [7, 11) is 0. The molecule has 0 bridgehead atoms. The average molecular weight is 339 g/mol. The van der Waals surface area contributed by atoms with Crippen molar-refractivity contribution >= 4 is 23.1 Å². The Hall–Kier alpha value is -1.45. The van der Waals surface area contributed by atoms with Gasteiger partial charge in [-0.25, -0.2) is 0 Å². The van der Waals surface area contributed by atoms with E-state index in [4.69, 9.17) is 0 Å². The third kappa shape index (κ3) is 2.74. The lowest BCUT2D eigenvalue weighted by atomic mass is 9.83. The first-order valence-corrected chi connectivity index (χ1v) is 9.92. The lowest BCUT2D eigenvalue weighted by Gasteiger charge is -2.39. The Morgan fingerprint density at radius 1 is 0.958 bits per heavy atom. The summed E-state index contributed by atoms with van der Waals surface area (Å²) >= 11 is 1.90. The Labute approximate surface area is 149 Å². The highest BCUT2D eigenvalue weighted by Crippen LogP contribution is 2.50. The Morgan fingerprint density at radius 2 is 1.58 bits per heavy atom. The fourth-order valence-corrected chi connectivity index (χ4v) is 5.21. The van der Waals surface area contributed by atoms with Crippen LogP contribution in [0.4, 0.5) is 11.4 Å². The molecule has 1 unspecified atom stereocenters. The molecular weight excluding hydrogens is 312 g/mol. The molecule has 0 saturated carbocycles. The van der Waals surface area contributed by atoms with E-state index in [0.717, 1.165) is 6.54 Å². The summed E-state index contributed by atoms with van der Waals surface area (Å²) in [4.78, 5) is 7.96. The van der Waals surface area contributed by atoms with Gasteiger partial charge in [-0.15, -0.1) is 0 Å². The van der Waals surface area contributed by atoms with E-state index >= 15 is 0 Å². The molecule has 2 nitrogen and oxygen atoms in total. The number of hydrogen-bond donors (Lipinski definition) is 0. The molecule has 0 radical (unpaired) electrons. The summed E-state index contributed by atoms with van der Waals surface area (Å²) in [5, 5.41) is 0. The summed E-state index contributed by atoms with van der Waals surface area (Å²) in [6, 6.07) is 17.7. The van der Waals surface area contributed by atoms with Gasteiger partial charge in [-0.3, -0.25) is 0 Å². The van der Waals surface area contributed by atoms with Crippen LogP contribution in [0.2, 0.25) is 0 Å². The summed E-state index contributed by atoms with van der Waals surface area (Å²) in [6.45, 7) is 9.42. The first-order chi connectivity index (χ1) is 11.7. The van der Waals surface area contributed by atoms with Crippen LogP contribution in [-0.4, -0.2) is 31.1 Å². The minimum absolute atomic E-state index is 0.401. The van der Waals surface area contributed by atoms with Gasteiger partial charge >= 0.3 is 0 Å². The lowest BCUT2D eigenvalue weighted by Crippen LogP contribution is -2.38. The van der Waals surface area contributed by atoms with Gasteiger partial charge in [0.25, 0.3) is 0 Å². The molecule has 0 amide bonds. The Morgan fingerprint density at radius 3 is 2.12 bits per heavy atom. The van der Waals surface area contributed by atoms with Crippen LogP contribution in [0.25, 0.3) is 0 Å². The predicted molar refractivity (Wildman–Crippen MR) is 103 cm³/mol. The van der Waals surface area contributed by atoms with Crippen molar-refractivity contribution < 1.29 is 0 Å². The molecule has 0 aromatic heterocycles. The van der Waals surface area contributed by atoms with Gasteiger partial charge < -0.3 is 9.80 Å². The van der Waals surface area contributed by atoms with Gasteiger partial charge in [0, 0.05) is 28.3 Å². The minimum atomic E-state index is 0.401. The Kier molecular flexibility index (Phi) is 4.31. The van der Waals surface area contributed by atoms with Gasteiger partial charge in [0.2, 0.25) is 0 Å². The molecule has 0 aliphatic carbocycles. The zero-order valence-corrected chi connectivity index (χ0v) is 15.5. The number of rotatable bonds is 4. The summed E-state index contributed by atoms with van der Waals surface area (Å²) in [5.74, 6) is 0. The van der Waals surface area contributed by atoms with E-state index in [-0.39, 0.29) is 0 Å². The molecule has 126 valence electrons. The molecule has 24 heavy (non-hydrogen) atoms. The first-order valence-electron chi connectivity index (χ1n) is 9.10. The highest BCUT2D eigenvalue weighted by atomic mass is 32.2. The number of hydrogen-bond acceptors (Lipinski definition) is 3. The maximum Gasteiger partial charge on any atom is 0.0553 e. The molecule has 2 aromatic rings. The smallest absolute Gasteiger partial charge is 0.0553 e. The molecule has 1 saturated heterocycles. The highest BCUT2D eigenvalue weighted by Gasteiger charge is 2.39. The van der Waals surface area contributed by atoms with Crippen molar-refractivity contribution in [2.24, 2.45) is 5.41 Å². The normalized spacial score (nSPS) is 23.2. The molecule has 3 heteroatoms. The van der Waals surface area contributed by atoms with Crippen LogP contribution in [0.15, 0.2) is 58.3 Å². The van der Waals surface area contributed by atoms with Gasteiger partial charge in [-0.2, -0.15) is 0 Å². The molecule has 2 aliphatic rings.